The zero-order chi connectivity index (χ0) is 16.2. The van der Waals surface area contributed by atoms with Gasteiger partial charge in [0.2, 0.25) is 5.91 Å². The highest BCUT2D eigenvalue weighted by molar-refractivity contribution is 7.99. The lowest BCUT2D eigenvalue weighted by molar-refractivity contribution is -0.146. The first kappa shape index (κ1) is 16.9. The minimum Gasteiger partial charge on any atom is -0.479 e. The molecule has 0 radical (unpaired) electrons. The molecule has 1 atom stereocenters. The zero-order valence-corrected chi connectivity index (χ0v) is 13.9. The molecule has 2 N–H and O–H groups in total. The molecule has 1 aromatic carbocycles. The van der Waals surface area contributed by atoms with Crippen molar-refractivity contribution in [3.63, 3.8) is 0 Å². The first-order valence-electron chi connectivity index (χ1n) is 7.64. The van der Waals surface area contributed by atoms with Gasteiger partial charge in [-0.2, -0.15) is 11.8 Å². The van der Waals surface area contributed by atoms with Gasteiger partial charge in [-0.25, -0.2) is 4.79 Å². The molecule has 1 aromatic rings. The summed E-state index contributed by atoms with van der Waals surface area (Å²) in [5, 5.41) is 12.1. The molecular formula is C17H23NO3S. The highest BCUT2D eigenvalue weighted by atomic mass is 32.2. The van der Waals surface area contributed by atoms with Gasteiger partial charge in [-0.1, -0.05) is 38.1 Å². The fourth-order valence-electron chi connectivity index (χ4n) is 2.54. The van der Waals surface area contributed by atoms with Crippen LogP contribution in [0, 0.1) is 0 Å². The summed E-state index contributed by atoms with van der Waals surface area (Å²) in [5.41, 5.74) is 1.31. The van der Waals surface area contributed by atoms with Gasteiger partial charge in [0.05, 0.1) is 0 Å². The van der Waals surface area contributed by atoms with Crippen LogP contribution in [0.25, 0.3) is 0 Å². The van der Waals surface area contributed by atoms with Crippen molar-refractivity contribution in [3.05, 3.63) is 35.4 Å². The molecule has 1 unspecified atom stereocenters. The van der Waals surface area contributed by atoms with Crippen LogP contribution in [0.5, 0.6) is 0 Å². The Kier molecular flexibility index (Phi) is 5.51. The predicted octanol–water partition coefficient (Wildman–Crippen LogP) is 2.82. The van der Waals surface area contributed by atoms with Crippen molar-refractivity contribution in [2.45, 2.75) is 44.6 Å². The third-order valence-electron chi connectivity index (χ3n) is 4.10. The van der Waals surface area contributed by atoms with E-state index in [1.807, 2.05) is 12.1 Å². The number of thioether (sulfide) groups is 1. The number of carbonyl (C=O) groups excluding carboxylic acids is 1. The number of carboxylic acid groups (broad SMARTS) is 1. The van der Waals surface area contributed by atoms with Gasteiger partial charge in [0, 0.05) is 12.2 Å². The summed E-state index contributed by atoms with van der Waals surface area (Å²) in [5.74, 6) is 0.623. The monoisotopic (exact) mass is 321 g/mol. The van der Waals surface area contributed by atoms with E-state index in [1.54, 1.807) is 11.8 Å². The number of benzene rings is 1. The molecule has 0 bridgehead atoms. The standard InChI is InChI=1S/C17H23NO3S/c1-12(2)14-6-3-13(4-7-14)5-8-15(19)18-17(16(20)21)9-10-22-11-17/h3-4,6-7,12H,5,8-11H2,1-2H3,(H,18,19)(H,20,21). The molecule has 0 spiro atoms. The maximum Gasteiger partial charge on any atom is 0.330 e. The van der Waals surface area contributed by atoms with Crippen molar-refractivity contribution in [1.82, 2.24) is 5.32 Å². The number of carboxylic acids is 1. The van der Waals surface area contributed by atoms with E-state index in [4.69, 9.17) is 0 Å². The zero-order valence-electron chi connectivity index (χ0n) is 13.1. The van der Waals surface area contributed by atoms with E-state index >= 15 is 0 Å². The summed E-state index contributed by atoms with van der Waals surface area (Å²) in [6.07, 6.45) is 1.45. The van der Waals surface area contributed by atoms with Crippen molar-refractivity contribution in [2.24, 2.45) is 0 Å². The van der Waals surface area contributed by atoms with Crippen LogP contribution >= 0.6 is 11.8 Å². The number of hydrogen-bond acceptors (Lipinski definition) is 3. The molecule has 1 saturated heterocycles. The Hall–Kier alpha value is -1.49. The molecule has 0 aliphatic carbocycles. The van der Waals surface area contributed by atoms with Crippen LogP contribution in [-0.4, -0.2) is 34.0 Å². The van der Waals surface area contributed by atoms with Crippen LogP contribution < -0.4 is 5.32 Å². The van der Waals surface area contributed by atoms with Crippen molar-refractivity contribution in [2.75, 3.05) is 11.5 Å². The van der Waals surface area contributed by atoms with Crippen LogP contribution in [0.3, 0.4) is 0 Å². The number of nitrogens with one attached hydrogen (secondary N) is 1. The quantitative estimate of drug-likeness (QED) is 0.845. The Balaban J connectivity index is 1.88. The normalized spacial score (nSPS) is 21.0. The number of aryl methyl sites for hydroxylation is 1. The lowest BCUT2D eigenvalue weighted by Crippen LogP contribution is -2.54. The van der Waals surface area contributed by atoms with E-state index in [-0.39, 0.29) is 5.91 Å². The molecule has 5 heteroatoms. The van der Waals surface area contributed by atoms with Crippen molar-refractivity contribution < 1.29 is 14.7 Å². The van der Waals surface area contributed by atoms with Crippen LogP contribution in [0.4, 0.5) is 0 Å². The van der Waals surface area contributed by atoms with Gasteiger partial charge < -0.3 is 10.4 Å². The van der Waals surface area contributed by atoms with E-state index in [0.29, 0.717) is 30.9 Å². The van der Waals surface area contributed by atoms with Gasteiger partial charge in [0.15, 0.2) is 0 Å². The second-order valence-corrected chi connectivity index (χ2v) is 7.24. The first-order valence-corrected chi connectivity index (χ1v) is 8.79. The largest absolute Gasteiger partial charge is 0.479 e. The van der Waals surface area contributed by atoms with Crippen LogP contribution in [0.15, 0.2) is 24.3 Å². The van der Waals surface area contributed by atoms with Crippen molar-refractivity contribution >= 4 is 23.6 Å². The summed E-state index contributed by atoms with van der Waals surface area (Å²) < 4.78 is 0. The highest BCUT2D eigenvalue weighted by Gasteiger charge is 2.43. The lowest BCUT2D eigenvalue weighted by Gasteiger charge is -2.24. The van der Waals surface area contributed by atoms with Gasteiger partial charge in [-0.15, -0.1) is 0 Å². The highest BCUT2D eigenvalue weighted by Crippen LogP contribution is 2.28. The minimum atomic E-state index is -1.07. The average Bonchev–Trinajstić information content (AvgIpc) is 2.95. The van der Waals surface area contributed by atoms with Crippen molar-refractivity contribution in [1.29, 1.82) is 0 Å². The number of amides is 1. The van der Waals surface area contributed by atoms with Crippen LogP contribution in [-0.2, 0) is 16.0 Å². The topological polar surface area (TPSA) is 66.4 Å². The summed E-state index contributed by atoms with van der Waals surface area (Å²) in [4.78, 5) is 23.5. The summed E-state index contributed by atoms with van der Waals surface area (Å²) in [6, 6.07) is 8.26. The van der Waals surface area contributed by atoms with E-state index < -0.39 is 11.5 Å². The molecule has 0 saturated carbocycles. The molecule has 120 valence electrons. The average molecular weight is 321 g/mol. The molecule has 22 heavy (non-hydrogen) atoms. The van der Waals surface area contributed by atoms with E-state index in [9.17, 15) is 14.7 Å². The Bertz CT molecular complexity index is 533. The maximum atomic E-state index is 12.1. The molecule has 2 rings (SSSR count). The van der Waals surface area contributed by atoms with E-state index in [2.05, 4.69) is 31.3 Å². The Morgan fingerprint density at radius 2 is 2.00 bits per heavy atom. The summed E-state index contributed by atoms with van der Waals surface area (Å²) >= 11 is 1.57. The van der Waals surface area contributed by atoms with E-state index in [1.165, 1.54) is 5.56 Å². The number of carbonyl (C=O) groups is 2. The maximum absolute atomic E-state index is 12.1. The molecular weight excluding hydrogens is 298 g/mol. The molecule has 1 fully saturated rings. The van der Waals surface area contributed by atoms with Gasteiger partial charge in [-0.3, -0.25) is 4.79 Å². The Morgan fingerprint density at radius 1 is 1.32 bits per heavy atom. The molecule has 1 heterocycles. The van der Waals surface area contributed by atoms with Gasteiger partial charge >= 0.3 is 5.97 Å². The number of aliphatic carboxylic acids is 1. The van der Waals surface area contributed by atoms with Crippen molar-refractivity contribution in [3.8, 4) is 0 Å². The lowest BCUT2D eigenvalue weighted by atomic mass is 9.98. The smallest absolute Gasteiger partial charge is 0.330 e. The van der Waals surface area contributed by atoms with E-state index in [0.717, 1.165) is 11.3 Å². The second-order valence-electron chi connectivity index (χ2n) is 6.13. The molecule has 0 aromatic heterocycles. The van der Waals surface area contributed by atoms with Gasteiger partial charge in [0.1, 0.15) is 5.54 Å². The predicted molar refractivity (Wildman–Crippen MR) is 89.3 cm³/mol. The fraction of sp³-hybridized carbons (Fsp3) is 0.529. The molecule has 1 amide bonds. The van der Waals surface area contributed by atoms with Gasteiger partial charge in [-0.05, 0) is 35.6 Å². The van der Waals surface area contributed by atoms with Crippen LogP contribution in [0.2, 0.25) is 0 Å². The third kappa shape index (κ3) is 4.03. The number of rotatable bonds is 6. The molecule has 4 nitrogen and oxygen atoms in total. The summed E-state index contributed by atoms with van der Waals surface area (Å²) in [6.45, 7) is 4.29. The molecule has 1 aliphatic heterocycles. The first-order chi connectivity index (χ1) is 10.4. The molecule has 1 aliphatic rings. The Labute approximate surface area is 135 Å². The summed E-state index contributed by atoms with van der Waals surface area (Å²) in [7, 11) is 0. The SMILES string of the molecule is CC(C)c1ccc(CCC(=O)NC2(C(=O)O)CCSC2)cc1. The fourth-order valence-corrected chi connectivity index (χ4v) is 3.87. The number of hydrogen-bond donors (Lipinski definition) is 2. The minimum absolute atomic E-state index is 0.183. The second kappa shape index (κ2) is 7.18. The Morgan fingerprint density at radius 3 is 2.50 bits per heavy atom. The van der Waals surface area contributed by atoms with Gasteiger partial charge in [0.25, 0.3) is 0 Å². The third-order valence-corrected chi connectivity index (χ3v) is 5.29. The van der Waals surface area contributed by atoms with Crippen LogP contribution in [0.1, 0.15) is 43.7 Å².